The fourth-order valence-corrected chi connectivity index (χ4v) is 2.61. The zero-order valence-corrected chi connectivity index (χ0v) is 13.8. The lowest BCUT2D eigenvalue weighted by atomic mass is 10.2. The van der Waals surface area contributed by atoms with Crippen molar-refractivity contribution >= 4 is 6.03 Å². The maximum atomic E-state index is 13.3. The predicted molar refractivity (Wildman–Crippen MR) is 95.5 cm³/mol. The number of carbonyl (C=O) groups excluding carboxylic acids is 1. The summed E-state index contributed by atoms with van der Waals surface area (Å²) < 4.78 is 15.3. The van der Waals surface area contributed by atoms with E-state index in [-0.39, 0.29) is 11.8 Å². The number of benzene rings is 2. The molecule has 0 saturated heterocycles. The molecule has 0 unspecified atom stereocenters. The zero-order valence-electron chi connectivity index (χ0n) is 13.8. The molecule has 0 fully saturated rings. The van der Waals surface area contributed by atoms with Crippen LogP contribution < -0.4 is 10.6 Å². The molecular formula is C20H20FN3O. The highest BCUT2D eigenvalue weighted by atomic mass is 19.1. The van der Waals surface area contributed by atoms with Crippen LogP contribution in [-0.2, 0) is 19.6 Å². The van der Waals surface area contributed by atoms with Crippen LogP contribution in [0.1, 0.15) is 16.8 Å². The Bertz CT molecular complexity index is 830. The van der Waals surface area contributed by atoms with E-state index in [4.69, 9.17) is 0 Å². The quantitative estimate of drug-likeness (QED) is 0.708. The van der Waals surface area contributed by atoms with Crippen molar-refractivity contribution in [3.63, 3.8) is 0 Å². The summed E-state index contributed by atoms with van der Waals surface area (Å²) in [6.45, 7) is 1.45. The van der Waals surface area contributed by atoms with Gasteiger partial charge in [0.2, 0.25) is 0 Å². The van der Waals surface area contributed by atoms with Crippen LogP contribution in [0.3, 0.4) is 0 Å². The van der Waals surface area contributed by atoms with Crippen molar-refractivity contribution in [1.82, 2.24) is 15.2 Å². The van der Waals surface area contributed by atoms with Crippen LogP contribution in [0.2, 0.25) is 0 Å². The topological polar surface area (TPSA) is 46.1 Å². The molecule has 0 saturated carbocycles. The summed E-state index contributed by atoms with van der Waals surface area (Å²) in [6.07, 6.45) is 1.92. The van der Waals surface area contributed by atoms with Crippen molar-refractivity contribution in [2.75, 3.05) is 0 Å². The average molecular weight is 337 g/mol. The number of rotatable bonds is 6. The van der Waals surface area contributed by atoms with Gasteiger partial charge in [-0.2, -0.15) is 0 Å². The van der Waals surface area contributed by atoms with Crippen LogP contribution in [0, 0.1) is 5.82 Å². The van der Waals surface area contributed by atoms with Gasteiger partial charge in [-0.15, -0.1) is 0 Å². The number of hydrogen-bond donors (Lipinski definition) is 2. The maximum Gasteiger partial charge on any atom is 0.315 e. The van der Waals surface area contributed by atoms with Crippen LogP contribution in [0.25, 0.3) is 0 Å². The first-order chi connectivity index (χ1) is 12.2. The molecule has 128 valence electrons. The Balaban J connectivity index is 1.52. The molecule has 4 nitrogen and oxygen atoms in total. The van der Waals surface area contributed by atoms with Gasteiger partial charge in [-0.05, 0) is 35.4 Å². The largest absolute Gasteiger partial charge is 0.345 e. The normalized spacial score (nSPS) is 10.4. The summed E-state index contributed by atoms with van der Waals surface area (Å²) in [5, 5.41) is 5.68. The second kappa shape index (κ2) is 8.15. The molecule has 1 heterocycles. The van der Waals surface area contributed by atoms with E-state index >= 15 is 0 Å². The first-order valence-corrected chi connectivity index (χ1v) is 8.15. The molecule has 0 spiro atoms. The Labute approximate surface area is 146 Å². The molecule has 2 amide bonds. The van der Waals surface area contributed by atoms with Crippen molar-refractivity contribution in [2.24, 2.45) is 0 Å². The molecule has 3 aromatic rings. The molecule has 0 atom stereocenters. The highest BCUT2D eigenvalue weighted by molar-refractivity contribution is 5.73. The van der Waals surface area contributed by atoms with Crippen molar-refractivity contribution in [2.45, 2.75) is 19.6 Å². The molecule has 3 rings (SSSR count). The van der Waals surface area contributed by atoms with Crippen molar-refractivity contribution in [3.8, 4) is 0 Å². The minimum absolute atomic E-state index is 0.220. The third kappa shape index (κ3) is 4.94. The van der Waals surface area contributed by atoms with Crippen molar-refractivity contribution < 1.29 is 9.18 Å². The molecule has 0 aliphatic carbocycles. The molecule has 2 N–H and O–H groups in total. The molecule has 1 aromatic heterocycles. The molecular weight excluding hydrogens is 317 g/mol. The van der Waals surface area contributed by atoms with Gasteiger partial charge in [-0.3, -0.25) is 0 Å². The Morgan fingerprint density at radius 3 is 2.44 bits per heavy atom. The smallest absolute Gasteiger partial charge is 0.315 e. The lowest BCUT2D eigenvalue weighted by Crippen LogP contribution is -2.35. The highest BCUT2D eigenvalue weighted by Crippen LogP contribution is 2.09. The fourth-order valence-electron chi connectivity index (χ4n) is 2.61. The number of carbonyl (C=O) groups is 1. The molecule has 2 aromatic carbocycles. The van der Waals surface area contributed by atoms with E-state index in [1.54, 1.807) is 6.07 Å². The number of aromatic nitrogens is 1. The summed E-state index contributed by atoms with van der Waals surface area (Å²) in [6, 6.07) is 19.9. The van der Waals surface area contributed by atoms with Gasteiger partial charge in [0.1, 0.15) is 5.82 Å². The molecule has 25 heavy (non-hydrogen) atoms. The Morgan fingerprint density at radius 1 is 0.880 bits per heavy atom. The van der Waals surface area contributed by atoms with E-state index in [0.717, 1.165) is 16.8 Å². The molecule has 0 aliphatic heterocycles. The highest BCUT2D eigenvalue weighted by Gasteiger charge is 2.05. The minimum atomic E-state index is -0.246. The summed E-state index contributed by atoms with van der Waals surface area (Å²) in [4.78, 5) is 11.9. The number of urea groups is 1. The van der Waals surface area contributed by atoms with Crippen LogP contribution in [0.15, 0.2) is 72.9 Å². The standard InChI is InChI=1S/C20H20FN3O/c21-18-9-4-8-17(12-18)15-24-11-5-10-19(24)14-23-20(25)22-13-16-6-2-1-3-7-16/h1-12H,13-15H2,(H2,22,23,25). The number of amides is 2. The Kier molecular flexibility index (Phi) is 5.46. The van der Waals surface area contributed by atoms with E-state index in [1.807, 2.05) is 59.3 Å². The number of halogens is 1. The summed E-state index contributed by atoms with van der Waals surface area (Å²) in [7, 11) is 0. The number of hydrogen-bond acceptors (Lipinski definition) is 1. The third-order valence-electron chi connectivity index (χ3n) is 3.89. The third-order valence-corrected chi connectivity index (χ3v) is 3.89. The van der Waals surface area contributed by atoms with Gasteiger partial charge in [0, 0.05) is 25.0 Å². The minimum Gasteiger partial charge on any atom is -0.345 e. The number of nitrogens with one attached hydrogen (secondary N) is 2. The molecule has 0 radical (unpaired) electrons. The van der Waals surface area contributed by atoms with Crippen LogP contribution in [0.4, 0.5) is 9.18 Å². The van der Waals surface area contributed by atoms with Gasteiger partial charge < -0.3 is 15.2 Å². The summed E-state index contributed by atoms with van der Waals surface area (Å²) in [5.74, 6) is -0.246. The second-order valence-electron chi connectivity index (χ2n) is 5.78. The lowest BCUT2D eigenvalue weighted by Gasteiger charge is -2.11. The first kappa shape index (κ1) is 16.8. The summed E-state index contributed by atoms with van der Waals surface area (Å²) >= 11 is 0. The monoisotopic (exact) mass is 337 g/mol. The van der Waals surface area contributed by atoms with Gasteiger partial charge in [0.05, 0.1) is 6.54 Å². The lowest BCUT2D eigenvalue weighted by molar-refractivity contribution is 0.240. The molecule has 5 heteroatoms. The van der Waals surface area contributed by atoms with Crippen molar-refractivity contribution in [3.05, 3.63) is 95.6 Å². The van der Waals surface area contributed by atoms with E-state index in [1.165, 1.54) is 12.1 Å². The fraction of sp³-hybridized carbons (Fsp3) is 0.150. The maximum absolute atomic E-state index is 13.3. The van der Waals surface area contributed by atoms with Crippen molar-refractivity contribution in [1.29, 1.82) is 0 Å². The number of nitrogens with zero attached hydrogens (tertiary/aromatic N) is 1. The van der Waals surface area contributed by atoms with Gasteiger partial charge in [0.25, 0.3) is 0 Å². The first-order valence-electron chi connectivity index (χ1n) is 8.15. The second-order valence-corrected chi connectivity index (χ2v) is 5.78. The van der Waals surface area contributed by atoms with Gasteiger partial charge in [0.15, 0.2) is 0 Å². The average Bonchev–Trinajstić information content (AvgIpc) is 3.06. The Morgan fingerprint density at radius 2 is 1.64 bits per heavy atom. The van der Waals surface area contributed by atoms with E-state index < -0.39 is 0 Å². The molecule has 0 bridgehead atoms. The van der Waals surface area contributed by atoms with Gasteiger partial charge in [-0.25, -0.2) is 9.18 Å². The van der Waals surface area contributed by atoms with Crippen LogP contribution in [0.5, 0.6) is 0 Å². The zero-order chi connectivity index (χ0) is 17.5. The SMILES string of the molecule is O=C(NCc1ccccc1)NCc1cccn1Cc1cccc(F)c1. The van der Waals surface area contributed by atoms with E-state index in [9.17, 15) is 9.18 Å². The molecule has 0 aliphatic rings. The van der Waals surface area contributed by atoms with E-state index in [0.29, 0.717) is 19.6 Å². The van der Waals surface area contributed by atoms with Gasteiger partial charge >= 0.3 is 6.03 Å². The van der Waals surface area contributed by atoms with Crippen LogP contribution in [-0.4, -0.2) is 10.6 Å². The predicted octanol–water partition coefficient (Wildman–Crippen LogP) is 3.67. The van der Waals surface area contributed by atoms with E-state index in [2.05, 4.69) is 10.6 Å². The Hall–Kier alpha value is -3.08. The van der Waals surface area contributed by atoms with Gasteiger partial charge in [-0.1, -0.05) is 42.5 Å². The van der Waals surface area contributed by atoms with Crippen LogP contribution >= 0.6 is 0 Å². The summed E-state index contributed by atoms with van der Waals surface area (Å²) in [5.41, 5.74) is 2.89.